The van der Waals surface area contributed by atoms with E-state index in [0.29, 0.717) is 39.2 Å². The number of aliphatic imine (C=N–C) groups is 1. The second-order valence-corrected chi connectivity index (χ2v) is 9.65. The Balaban J connectivity index is 0.00000900. The van der Waals surface area contributed by atoms with Crippen LogP contribution in [0.1, 0.15) is 52.9 Å². The molecule has 31 heavy (non-hydrogen) atoms. The lowest BCUT2D eigenvalue weighted by Gasteiger charge is -2.35. The van der Waals surface area contributed by atoms with Crippen molar-refractivity contribution in [3.63, 3.8) is 0 Å². The molecule has 0 unspecified atom stereocenters. The molecule has 0 amide bonds. The van der Waals surface area contributed by atoms with Crippen molar-refractivity contribution in [1.29, 1.82) is 0 Å². The lowest BCUT2D eigenvalue weighted by molar-refractivity contribution is -0.143. The summed E-state index contributed by atoms with van der Waals surface area (Å²) in [5.41, 5.74) is 0. The van der Waals surface area contributed by atoms with Crippen molar-refractivity contribution in [2.75, 3.05) is 58.7 Å². The Labute approximate surface area is 205 Å². The number of halogens is 1. The number of sulfonamides is 1. The minimum absolute atomic E-state index is 0. The normalized spacial score (nSPS) is 15.6. The number of piperazine rings is 1. The summed E-state index contributed by atoms with van der Waals surface area (Å²) in [7, 11) is -1.54. The van der Waals surface area contributed by atoms with Gasteiger partial charge in [0.25, 0.3) is 0 Å². The lowest BCUT2D eigenvalue weighted by Crippen LogP contribution is -2.54. The number of hydrogen-bond acceptors (Lipinski definition) is 6. The third-order valence-electron chi connectivity index (χ3n) is 4.83. The van der Waals surface area contributed by atoms with Crippen LogP contribution in [0.2, 0.25) is 0 Å². The van der Waals surface area contributed by atoms with Crippen LogP contribution < -0.4 is 5.32 Å². The summed E-state index contributed by atoms with van der Waals surface area (Å²) in [4.78, 5) is 17.7. The zero-order chi connectivity index (χ0) is 22.4. The molecular formula is C20H41IN4O5S. The smallest absolute Gasteiger partial charge is 0.305 e. The number of hydrogen-bond donors (Lipinski definition) is 1. The van der Waals surface area contributed by atoms with Gasteiger partial charge in [-0.25, -0.2) is 8.42 Å². The molecular weight excluding hydrogens is 535 g/mol. The average molecular weight is 577 g/mol. The van der Waals surface area contributed by atoms with E-state index >= 15 is 0 Å². The number of esters is 1. The highest BCUT2D eigenvalue weighted by molar-refractivity contribution is 14.0. The molecule has 0 radical (unpaired) electrons. The first-order valence-corrected chi connectivity index (χ1v) is 12.6. The van der Waals surface area contributed by atoms with Gasteiger partial charge < -0.3 is 19.7 Å². The van der Waals surface area contributed by atoms with E-state index in [2.05, 4.69) is 15.2 Å². The number of guanidine groups is 1. The fourth-order valence-electron chi connectivity index (χ4n) is 3.21. The summed E-state index contributed by atoms with van der Waals surface area (Å²) in [6.45, 7) is 9.22. The quantitative estimate of drug-likeness (QED) is 0.118. The first kappa shape index (κ1) is 30.3. The van der Waals surface area contributed by atoms with E-state index in [9.17, 15) is 13.2 Å². The Hall–Kier alpha value is -0.660. The molecule has 0 saturated carbocycles. The van der Waals surface area contributed by atoms with Gasteiger partial charge in [0.2, 0.25) is 10.0 Å². The van der Waals surface area contributed by atoms with Crippen molar-refractivity contribution in [1.82, 2.24) is 14.5 Å². The van der Waals surface area contributed by atoms with Gasteiger partial charge in [0.1, 0.15) is 0 Å². The van der Waals surface area contributed by atoms with Crippen LogP contribution in [0.5, 0.6) is 0 Å². The second-order valence-electron chi connectivity index (χ2n) is 7.56. The summed E-state index contributed by atoms with van der Waals surface area (Å²) in [6.07, 6.45) is 4.39. The molecule has 0 aromatic heterocycles. The number of carbonyl (C=O) groups is 1. The molecule has 184 valence electrons. The SMILES string of the molecule is CCOC(=O)CCCCCCNC(=NC)N1CCN(S(=O)(=O)CCOC(C)C)CC1.I. The number of nitrogens with one attached hydrogen (secondary N) is 1. The number of ether oxygens (including phenoxy) is 2. The van der Waals surface area contributed by atoms with Gasteiger partial charge in [-0.3, -0.25) is 9.79 Å². The molecule has 0 spiro atoms. The number of carbonyl (C=O) groups excluding carboxylic acids is 1. The standard InChI is InChI=1S/C20H40N4O5S.HI/c1-5-28-19(25)10-8-6-7-9-11-22-20(21-4)23-12-14-24(15-13-23)30(26,27)17-16-29-18(2)3;/h18H,5-17H2,1-4H3,(H,21,22);1H. The first-order valence-electron chi connectivity index (χ1n) is 11.0. The van der Waals surface area contributed by atoms with Crippen LogP contribution in [0.15, 0.2) is 4.99 Å². The molecule has 1 N–H and O–H groups in total. The average Bonchev–Trinajstić information content (AvgIpc) is 2.70. The van der Waals surface area contributed by atoms with Crippen LogP contribution in [0, 0.1) is 0 Å². The predicted molar refractivity (Wildman–Crippen MR) is 135 cm³/mol. The molecule has 1 saturated heterocycles. The zero-order valence-corrected chi connectivity index (χ0v) is 22.6. The molecule has 9 nitrogen and oxygen atoms in total. The van der Waals surface area contributed by atoms with Gasteiger partial charge in [-0.1, -0.05) is 12.8 Å². The highest BCUT2D eigenvalue weighted by atomic mass is 127. The minimum Gasteiger partial charge on any atom is -0.466 e. The summed E-state index contributed by atoms with van der Waals surface area (Å²) in [5, 5.41) is 3.36. The molecule has 1 aliphatic rings. The van der Waals surface area contributed by atoms with E-state index in [4.69, 9.17) is 9.47 Å². The van der Waals surface area contributed by atoms with E-state index in [-0.39, 0.29) is 48.4 Å². The third kappa shape index (κ3) is 12.8. The van der Waals surface area contributed by atoms with E-state index in [1.807, 2.05) is 20.8 Å². The Kier molecular flexibility index (Phi) is 16.5. The van der Waals surface area contributed by atoms with E-state index in [1.165, 1.54) is 0 Å². The molecule has 0 bridgehead atoms. The molecule has 11 heteroatoms. The third-order valence-corrected chi connectivity index (χ3v) is 6.67. The number of unbranched alkanes of at least 4 members (excludes halogenated alkanes) is 3. The summed E-state index contributed by atoms with van der Waals surface area (Å²) in [6, 6.07) is 0. The summed E-state index contributed by atoms with van der Waals surface area (Å²) >= 11 is 0. The Bertz CT molecular complexity index is 623. The summed E-state index contributed by atoms with van der Waals surface area (Å²) < 4.78 is 36.7. The van der Waals surface area contributed by atoms with Crippen molar-refractivity contribution in [2.24, 2.45) is 4.99 Å². The number of rotatable bonds is 13. The van der Waals surface area contributed by atoms with Crippen molar-refractivity contribution < 1.29 is 22.7 Å². The largest absolute Gasteiger partial charge is 0.466 e. The van der Waals surface area contributed by atoms with Crippen molar-refractivity contribution in [3.8, 4) is 0 Å². The maximum absolute atomic E-state index is 12.4. The Morgan fingerprint density at radius 1 is 1.10 bits per heavy atom. The van der Waals surface area contributed by atoms with E-state index in [0.717, 1.165) is 38.2 Å². The lowest BCUT2D eigenvalue weighted by atomic mass is 10.1. The van der Waals surface area contributed by atoms with Gasteiger partial charge in [-0.15, -0.1) is 24.0 Å². The van der Waals surface area contributed by atoms with Crippen LogP contribution in [-0.4, -0.2) is 94.4 Å². The topological polar surface area (TPSA) is 101 Å². The molecule has 0 aliphatic carbocycles. The molecule has 1 fully saturated rings. The van der Waals surface area contributed by atoms with Crippen LogP contribution in [0.4, 0.5) is 0 Å². The molecule has 1 rings (SSSR count). The van der Waals surface area contributed by atoms with Gasteiger partial charge in [0.15, 0.2) is 5.96 Å². The second kappa shape index (κ2) is 16.9. The maximum Gasteiger partial charge on any atom is 0.305 e. The van der Waals surface area contributed by atoms with E-state index < -0.39 is 10.0 Å². The fourth-order valence-corrected chi connectivity index (χ4v) is 4.49. The van der Waals surface area contributed by atoms with Crippen LogP contribution in [-0.2, 0) is 24.3 Å². The molecule has 0 aromatic carbocycles. The van der Waals surface area contributed by atoms with Crippen LogP contribution in [0.3, 0.4) is 0 Å². The highest BCUT2D eigenvalue weighted by Crippen LogP contribution is 2.09. The molecule has 0 aromatic rings. The van der Waals surface area contributed by atoms with Crippen LogP contribution in [0.25, 0.3) is 0 Å². The molecule has 1 aliphatic heterocycles. The highest BCUT2D eigenvalue weighted by Gasteiger charge is 2.27. The van der Waals surface area contributed by atoms with Crippen LogP contribution >= 0.6 is 24.0 Å². The van der Waals surface area contributed by atoms with Gasteiger partial charge >= 0.3 is 5.97 Å². The van der Waals surface area contributed by atoms with Gasteiger partial charge in [0.05, 0.1) is 25.1 Å². The minimum atomic E-state index is -3.29. The Morgan fingerprint density at radius 3 is 2.32 bits per heavy atom. The first-order chi connectivity index (χ1) is 14.3. The zero-order valence-electron chi connectivity index (χ0n) is 19.5. The van der Waals surface area contributed by atoms with Crippen molar-refractivity contribution in [3.05, 3.63) is 0 Å². The van der Waals surface area contributed by atoms with Gasteiger partial charge in [-0.2, -0.15) is 4.31 Å². The number of nitrogens with zero attached hydrogens (tertiary/aromatic N) is 3. The molecule has 1 heterocycles. The van der Waals surface area contributed by atoms with E-state index in [1.54, 1.807) is 11.4 Å². The van der Waals surface area contributed by atoms with Crippen molar-refractivity contribution >= 4 is 45.9 Å². The Morgan fingerprint density at radius 2 is 1.74 bits per heavy atom. The van der Waals surface area contributed by atoms with Gasteiger partial charge in [-0.05, 0) is 33.6 Å². The van der Waals surface area contributed by atoms with Crippen molar-refractivity contribution in [2.45, 2.75) is 59.0 Å². The predicted octanol–water partition coefficient (Wildman–Crippen LogP) is 2.07. The monoisotopic (exact) mass is 576 g/mol. The maximum atomic E-state index is 12.4. The summed E-state index contributed by atoms with van der Waals surface area (Å²) in [5.74, 6) is 0.709. The molecule has 0 atom stereocenters. The fraction of sp³-hybridized carbons (Fsp3) is 0.900. The van der Waals surface area contributed by atoms with Gasteiger partial charge in [0, 0.05) is 46.2 Å².